The summed E-state index contributed by atoms with van der Waals surface area (Å²) in [6.07, 6.45) is -4.48. The first-order valence-corrected chi connectivity index (χ1v) is 5.45. The second kappa shape index (κ2) is 4.28. The quantitative estimate of drug-likeness (QED) is 0.878. The van der Waals surface area contributed by atoms with Crippen LogP contribution in [0.1, 0.15) is 5.56 Å². The second-order valence-electron chi connectivity index (χ2n) is 4.36. The van der Waals surface area contributed by atoms with E-state index in [1.165, 1.54) is 11.9 Å². The van der Waals surface area contributed by atoms with Crippen LogP contribution in [0, 0.1) is 0 Å². The molecule has 1 aliphatic heterocycles. The second-order valence-corrected chi connectivity index (χ2v) is 4.36. The summed E-state index contributed by atoms with van der Waals surface area (Å²) < 4.78 is 37.9. The van der Waals surface area contributed by atoms with Gasteiger partial charge in [0.15, 0.2) is 0 Å². The Balaban J connectivity index is 2.21. The zero-order valence-electron chi connectivity index (χ0n) is 9.78. The molecule has 1 N–H and O–H groups in total. The third-order valence-electron chi connectivity index (χ3n) is 2.87. The zero-order chi connectivity index (χ0) is 13.4. The van der Waals surface area contributed by atoms with Gasteiger partial charge in [0, 0.05) is 13.5 Å². The lowest BCUT2D eigenvalue weighted by atomic mass is 10.1. The number of amidine groups is 1. The Morgan fingerprint density at radius 1 is 1.33 bits per heavy atom. The summed E-state index contributed by atoms with van der Waals surface area (Å²) in [5, 5.41) is 9.49. The van der Waals surface area contributed by atoms with Crippen molar-refractivity contribution in [3.05, 3.63) is 35.9 Å². The number of aliphatic imine (C=N–C) groups is 1. The minimum absolute atomic E-state index is 0.237. The molecular weight excluding hydrogens is 245 g/mol. The van der Waals surface area contributed by atoms with Gasteiger partial charge in [-0.15, -0.1) is 0 Å². The van der Waals surface area contributed by atoms with Crippen LogP contribution in [0.25, 0.3) is 0 Å². The minimum atomic E-state index is -4.75. The number of β-amino-alcohol motifs (C(OH)–C–C–N with tert-alkyl or cyclic N) is 1. The number of nitrogens with zero attached hydrogens (tertiary/aromatic N) is 2. The first-order valence-electron chi connectivity index (χ1n) is 5.45. The molecule has 1 atom stereocenters. The Morgan fingerprint density at radius 3 is 2.44 bits per heavy atom. The van der Waals surface area contributed by atoms with E-state index in [9.17, 15) is 18.3 Å². The highest BCUT2D eigenvalue weighted by Crippen LogP contribution is 2.35. The number of halogens is 3. The normalized spacial score (nSPS) is 24.3. The van der Waals surface area contributed by atoms with Gasteiger partial charge < -0.3 is 10.0 Å². The van der Waals surface area contributed by atoms with E-state index in [0.29, 0.717) is 0 Å². The maximum Gasteiger partial charge on any atom is 0.440 e. The Labute approximate surface area is 103 Å². The highest BCUT2D eigenvalue weighted by molar-refractivity contribution is 5.86. The summed E-state index contributed by atoms with van der Waals surface area (Å²) in [5.74, 6) is 0.237. The first-order chi connectivity index (χ1) is 8.32. The molecule has 1 aliphatic rings. The van der Waals surface area contributed by atoms with Gasteiger partial charge in [-0.25, -0.2) is 4.99 Å². The Bertz CT molecular complexity index is 458. The van der Waals surface area contributed by atoms with E-state index in [4.69, 9.17) is 0 Å². The van der Waals surface area contributed by atoms with Gasteiger partial charge in [0.2, 0.25) is 0 Å². The van der Waals surface area contributed by atoms with Crippen molar-refractivity contribution >= 4 is 5.84 Å². The van der Waals surface area contributed by atoms with E-state index in [2.05, 4.69) is 4.99 Å². The molecule has 1 heterocycles. The highest BCUT2D eigenvalue weighted by Gasteiger charge is 2.57. The third-order valence-corrected chi connectivity index (χ3v) is 2.87. The average molecular weight is 258 g/mol. The third kappa shape index (κ3) is 2.33. The number of likely N-dealkylation sites (N-methyl/N-ethyl adjacent to an activating group) is 1. The summed E-state index contributed by atoms with van der Waals surface area (Å²) >= 11 is 0. The molecule has 98 valence electrons. The molecule has 0 radical (unpaired) electrons. The molecule has 1 aromatic carbocycles. The van der Waals surface area contributed by atoms with Crippen molar-refractivity contribution in [3.63, 3.8) is 0 Å². The molecule has 0 saturated carbocycles. The standard InChI is InChI=1S/C12H13F3N2O/c1-17-8-11(18,12(13,14)15)16-10(17)7-9-5-3-2-4-6-9/h2-6,18H,7-8H2,1H3. The van der Waals surface area contributed by atoms with Crippen LogP contribution in [0.5, 0.6) is 0 Å². The van der Waals surface area contributed by atoms with Crippen molar-refractivity contribution in [3.8, 4) is 0 Å². The van der Waals surface area contributed by atoms with Crippen LogP contribution in [0.15, 0.2) is 35.3 Å². The van der Waals surface area contributed by atoms with Crippen molar-refractivity contribution in [2.75, 3.05) is 13.6 Å². The smallest absolute Gasteiger partial charge is 0.361 e. The highest BCUT2D eigenvalue weighted by atomic mass is 19.4. The van der Waals surface area contributed by atoms with Crippen LogP contribution in [0.4, 0.5) is 13.2 Å². The fourth-order valence-electron chi connectivity index (χ4n) is 1.86. The van der Waals surface area contributed by atoms with Gasteiger partial charge in [-0.2, -0.15) is 13.2 Å². The zero-order valence-corrected chi connectivity index (χ0v) is 9.78. The topological polar surface area (TPSA) is 35.8 Å². The molecule has 2 rings (SSSR count). The van der Waals surface area contributed by atoms with Crippen molar-refractivity contribution < 1.29 is 18.3 Å². The lowest BCUT2D eigenvalue weighted by molar-refractivity contribution is -0.253. The van der Waals surface area contributed by atoms with Gasteiger partial charge in [0.05, 0.1) is 6.54 Å². The number of hydrogen-bond acceptors (Lipinski definition) is 3. The SMILES string of the molecule is CN1CC(O)(C(F)(F)F)N=C1Cc1ccccc1. The monoisotopic (exact) mass is 258 g/mol. The van der Waals surface area contributed by atoms with Crippen LogP contribution in [0.3, 0.4) is 0 Å². The Hall–Kier alpha value is -1.56. The van der Waals surface area contributed by atoms with Gasteiger partial charge in [0.25, 0.3) is 5.72 Å². The van der Waals surface area contributed by atoms with Crippen molar-refractivity contribution in [1.82, 2.24) is 4.90 Å². The number of hydrogen-bond donors (Lipinski definition) is 1. The minimum Gasteiger partial charge on any atom is -0.361 e. The molecule has 0 aromatic heterocycles. The summed E-state index contributed by atoms with van der Waals surface area (Å²) in [5.41, 5.74) is -2.12. The van der Waals surface area contributed by atoms with Gasteiger partial charge in [-0.05, 0) is 5.56 Å². The molecule has 0 saturated heterocycles. The van der Waals surface area contributed by atoms with E-state index >= 15 is 0 Å². The fourth-order valence-corrected chi connectivity index (χ4v) is 1.86. The van der Waals surface area contributed by atoms with Crippen LogP contribution >= 0.6 is 0 Å². The summed E-state index contributed by atoms with van der Waals surface area (Å²) in [6, 6.07) is 9.06. The van der Waals surface area contributed by atoms with E-state index in [-0.39, 0.29) is 12.3 Å². The molecule has 0 fully saturated rings. The Kier molecular flexibility index (Phi) is 3.06. The van der Waals surface area contributed by atoms with Crippen LogP contribution in [-0.2, 0) is 6.42 Å². The number of rotatable bonds is 2. The fraction of sp³-hybridized carbons (Fsp3) is 0.417. The largest absolute Gasteiger partial charge is 0.440 e. The van der Waals surface area contributed by atoms with E-state index in [1.54, 1.807) is 24.3 Å². The van der Waals surface area contributed by atoms with Crippen LogP contribution in [-0.4, -0.2) is 41.3 Å². The van der Waals surface area contributed by atoms with Crippen molar-refractivity contribution in [2.45, 2.75) is 18.3 Å². The van der Waals surface area contributed by atoms with Crippen LogP contribution in [0.2, 0.25) is 0 Å². The molecule has 0 bridgehead atoms. The summed E-state index contributed by atoms with van der Waals surface area (Å²) in [7, 11) is 1.49. The number of alkyl halides is 3. The van der Waals surface area contributed by atoms with Gasteiger partial charge >= 0.3 is 6.18 Å². The van der Waals surface area contributed by atoms with Crippen molar-refractivity contribution in [2.24, 2.45) is 4.99 Å². The van der Waals surface area contributed by atoms with Crippen molar-refractivity contribution in [1.29, 1.82) is 0 Å². The summed E-state index contributed by atoms with van der Waals surface area (Å²) in [6.45, 7) is -0.557. The Morgan fingerprint density at radius 2 is 1.94 bits per heavy atom. The van der Waals surface area contributed by atoms with E-state index in [1.807, 2.05) is 6.07 Å². The van der Waals surface area contributed by atoms with E-state index in [0.717, 1.165) is 5.56 Å². The molecule has 0 aliphatic carbocycles. The number of aliphatic hydroxyl groups is 1. The molecular formula is C12H13F3N2O. The first kappa shape index (κ1) is 12.9. The molecule has 0 spiro atoms. The molecule has 0 amide bonds. The van der Waals surface area contributed by atoms with E-state index < -0.39 is 18.4 Å². The van der Waals surface area contributed by atoms with Gasteiger partial charge in [0.1, 0.15) is 5.84 Å². The summed E-state index contributed by atoms with van der Waals surface area (Å²) in [4.78, 5) is 4.77. The van der Waals surface area contributed by atoms with Gasteiger partial charge in [-0.3, -0.25) is 0 Å². The number of benzene rings is 1. The predicted molar refractivity (Wildman–Crippen MR) is 61.2 cm³/mol. The van der Waals surface area contributed by atoms with Gasteiger partial charge in [-0.1, -0.05) is 30.3 Å². The molecule has 3 nitrogen and oxygen atoms in total. The molecule has 1 aromatic rings. The predicted octanol–water partition coefficient (Wildman–Crippen LogP) is 1.82. The molecule has 1 unspecified atom stereocenters. The average Bonchev–Trinajstić information content (AvgIpc) is 2.56. The molecule has 6 heteroatoms. The lowest BCUT2D eigenvalue weighted by Crippen LogP contribution is -2.47. The maximum absolute atomic E-state index is 12.6. The lowest BCUT2D eigenvalue weighted by Gasteiger charge is -2.23. The maximum atomic E-state index is 12.6. The van der Waals surface area contributed by atoms with Crippen LogP contribution < -0.4 is 0 Å². The molecule has 18 heavy (non-hydrogen) atoms.